The first-order valence-corrected chi connectivity index (χ1v) is 9.13. The molecule has 2 saturated heterocycles. The number of aromatic nitrogens is 2. The van der Waals surface area contributed by atoms with E-state index in [0.29, 0.717) is 6.54 Å². The fraction of sp³-hybridized carbons (Fsp3) is 0.786. The summed E-state index contributed by atoms with van der Waals surface area (Å²) in [7, 11) is 0. The van der Waals surface area contributed by atoms with Crippen LogP contribution in [0.15, 0.2) is 5.51 Å². The number of carbonyl (C=O) groups is 1. The molecular weight excluding hydrogens is 320 g/mol. The molecule has 0 radical (unpaired) electrons. The minimum Gasteiger partial charge on any atom is -0.376 e. The van der Waals surface area contributed by atoms with Crippen molar-refractivity contribution in [2.45, 2.75) is 38.5 Å². The molecular formula is C14H22N4O2S2. The van der Waals surface area contributed by atoms with Gasteiger partial charge >= 0.3 is 0 Å². The fourth-order valence-corrected chi connectivity index (χ4v) is 3.73. The molecule has 1 amide bonds. The first-order valence-electron chi connectivity index (χ1n) is 7.84. The number of carbonyl (C=O) groups excluding carboxylic acids is 1. The molecule has 1 N–H and O–H groups in total. The van der Waals surface area contributed by atoms with Crippen molar-refractivity contribution in [3.63, 3.8) is 0 Å². The monoisotopic (exact) mass is 342 g/mol. The molecule has 1 aromatic heterocycles. The number of piperidine rings is 1. The van der Waals surface area contributed by atoms with Crippen LogP contribution in [0.4, 0.5) is 0 Å². The summed E-state index contributed by atoms with van der Waals surface area (Å²) in [4.78, 5) is 14.5. The van der Waals surface area contributed by atoms with E-state index in [1.165, 1.54) is 11.3 Å². The zero-order chi connectivity index (χ0) is 15.4. The average molecular weight is 342 g/mol. The Balaban J connectivity index is 1.40. The summed E-state index contributed by atoms with van der Waals surface area (Å²) in [5.74, 6) is 0.307. The maximum Gasteiger partial charge on any atom is 0.223 e. The predicted octanol–water partition coefficient (Wildman–Crippen LogP) is 1.64. The first kappa shape index (κ1) is 16.0. The van der Waals surface area contributed by atoms with Crippen molar-refractivity contribution in [1.29, 1.82) is 0 Å². The van der Waals surface area contributed by atoms with Crippen LogP contribution >= 0.6 is 23.6 Å². The molecule has 22 heavy (non-hydrogen) atoms. The van der Waals surface area contributed by atoms with Crippen molar-refractivity contribution in [3.05, 3.63) is 9.46 Å². The normalized spacial score (nSPS) is 23.7. The lowest BCUT2D eigenvalue weighted by molar-refractivity contribution is -0.127. The van der Waals surface area contributed by atoms with Crippen molar-refractivity contribution in [1.82, 2.24) is 20.0 Å². The van der Waals surface area contributed by atoms with Gasteiger partial charge in [0.1, 0.15) is 5.51 Å². The Kier molecular flexibility index (Phi) is 5.56. The third-order valence-corrected chi connectivity index (χ3v) is 5.48. The average Bonchev–Trinajstić information content (AvgIpc) is 3.18. The van der Waals surface area contributed by atoms with E-state index in [1.807, 2.05) is 4.68 Å². The van der Waals surface area contributed by atoms with Crippen molar-refractivity contribution in [2.75, 3.05) is 26.2 Å². The number of ether oxygens (including phenoxy) is 1. The van der Waals surface area contributed by atoms with Gasteiger partial charge in [0.05, 0.1) is 12.8 Å². The highest BCUT2D eigenvalue weighted by Crippen LogP contribution is 2.18. The van der Waals surface area contributed by atoms with Crippen molar-refractivity contribution < 1.29 is 9.53 Å². The van der Waals surface area contributed by atoms with E-state index in [2.05, 4.69) is 15.3 Å². The second-order valence-corrected chi connectivity index (χ2v) is 7.40. The van der Waals surface area contributed by atoms with E-state index in [-0.39, 0.29) is 17.9 Å². The molecule has 2 fully saturated rings. The third-order valence-electron chi connectivity index (χ3n) is 4.37. The molecule has 6 nitrogen and oxygen atoms in total. The van der Waals surface area contributed by atoms with Gasteiger partial charge in [0.25, 0.3) is 0 Å². The Hall–Kier alpha value is -0.830. The van der Waals surface area contributed by atoms with Gasteiger partial charge in [-0.3, -0.25) is 9.69 Å². The topological polar surface area (TPSA) is 59.4 Å². The number of nitrogens with one attached hydrogen (secondary N) is 1. The highest BCUT2D eigenvalue weighted by molar-refractivity contribution is 7.73. The molecule has 3 heterocycles. The Bertz CT molecular complexity index is 545. The standard InChI is InChI=1S/C14H22N4O2S2/c19-13(15-8-12-2-1-7-20-12)11-3-5-17(6-4-11)10-18-14(21)22-9-16-18/h9,11-12H,1-8,10H2,(H,15,19)/t12-/m1/s1. The molecule has 2 aliphatic rings. The summed E-state index contributed by atoms with van der Waals surface area (Å²) in [6.07, 6.45) is 4.19. The molecule has 0 bridgehead atoms. The second kappa shape index (κ2) is 7.63. The van der Waals surface area contributed by atoms with E-state index in [9.17, 15) is 4.79 Å². The largest absolute Gasteiger partial charge is 0.376 e. The van der Waals surface area contributed by atoms with Gasteiger partial charge in [-0.05, 0) is 37.9 Å². The van der Waals surface area contributed by atoms with Gasteiger partial charge in [0, 0.05) is 32.2 Å². The second-order valence-electron chi connectivity index (χ2n) is 5.92. The van der Waals surface area contributed by atoms with Crippen LogP contribution in [0.2, 0.25) is 0 Å². The van der Waals surface area contributed by atoms with Crippen LogP contribution in [0.1, 0.15) is 25.7 Å². The van der Waals surface area contributed by atoms with Gasteiger partial charge in [0.15, 0.2) is 3.95 Å². The number of hydrogen-bond donors (Lipinski definition) is 1. The summed E-state index contributed by atoms with van der Waals surface area (Å²) in [6, 6.07) is 0. The quantitative estimate of drug-likeness (QED) is 0.825. The summed E-state index contributed by atoms with van der Waals surface area (Å²) < 4.78 is 8.18. The van der Waals surface area contributed by atoms with E-state index in [1.54, 1.807) is 5.51 Å². The number of amides is 1. The fourth-order valence-electron chi connectivity index (χ4n) is 3.02. The lowest BCUT2D eigenvalue weighted by Gasteiger charge is -2.31. The van der Waals surface area contributed by atoms with Gasteiger partial charge in [0.2, 0.25) is 5.91 Å². The van der Waals surface area contributed by atoms with Crippen LogP contribution in [-0.2, 0) is 16.2 Å². The summed E-state index contributed by atoms with van der Waals surface area (Å²) >= 11 is 6.70. The molecule has 0 saturated carbocycles. The molecule has 1 atom stereocenters. The van der Waals surface area contributed by atoms with Crippen LogP contribution < -0.4 is 5.32 Å². The molecule has 122 valence electrons. The third kappa shape index (κ3) is 4.13. The summed E-state index contributed by atoms with van der Waals surface area (Å²) in [5.41, 5.74) is 1.77. The van der Waals surface area contributed by atoms with Crippen LogP contribution in [0.3, 0.4) is 0 Å². The van der Waals surface area contributed by atoms with Crippen molar-refractivity contribution in [2.24, 2.45) is 5.92 Å². The molecule has 3 rings (SSSR count). The maximum atomic E-state index is 12.2. The summed E-state index contributed by atoms with van der Waals surface area (Å²) in [5, 5.41) is 7.28. The zero-order valence-corrected chi connectivity index (χ0v) is 14.2. The highest BCUT2D eigenvalue weighted by Gasteiger charge is 2.26. The summed E-state index contributed by atoms with van der Waals surface area (Å²) in [6.45, 7) is 4.05. The SMILES string of the molecule is O=C(NC[C@H]1CCCO1)C1CCN(Cn2ncsc2=S)CC1. The van der Waals surface area contributed by atoms with Crippen molar-refractivity contribution >= 4 is 29.5 Å². The lowest BCUT2D eigenvalue weighted by atomic mass is 9.96. The molecule has 0 spiro atoms. The van der Waals surface area contributed by atoms with Gasteiger partial charge in [-0.15, -0.1) is 0 Å². The van der Waals surface area contributed by atoms with Crippen molar-refractivity contribution in [3.8, 4) is 0 Å². The van der Waals surface area contributed by atoms with Crippen LogP contribution in [0.5, 0.6) is 0 Å². The molecule has 0 aliphatic carbocycles. The number of hydrogen-bond acceptors (Lipinski definition) is 6. The Morgan fingerprint density at radius 1 is 1.45 bits per heavy atom. The highest BCUT2D eigenvalue weighted by atomic mass is 32.1. The number of likely N-dealkylation sites (tertiary alicyclic amines) is 1. The van der Waals surface area contributed by atoms with E-state index in [4.69, 9.17) is 17.0 Å². The van der Waals surface area contributed by atoms with Gasteiger partial charge in [-0.1, -0.05) is 11.3 Å². The number of rotatable bonds is 5. The Morgan fingerprint density at radius 2 is 2.27 bits per heavy atom. The minimum atomic E-state index is 0.126. The van der Waals surface area contributed by atoms with E-state index in [0.717, 1.165) is 56.0 Å². The molecule has 8 heteroatoms. The van der Waals surface area contributed by atoms with Gasteiger partial charge in [-0.25, -0.2) is 4.68 Å². The molecule has 0 aromatic carbocycles. The zero-order valence-electron chi connectivity index (χ0n) is 12.6. The van der Waals surface area contributed by atoms with Crippen LogP contribution in [0, 0.1) is 9.87 Å². The smallest absolute Gasteiger partial charge is 0.223 e. The van der Waals surface area contributed by atoms with Crippen LogP contribution in [0.25, 0.3) is 0 Å². The van der Waals surface area contributed by atoms with Crippen LogP contribution in [-0.4, -0.2) is 52.9 Å². The molecule has 1 aromatic rings. The lowest BCUT2D eigenvalue weighted by Crippen LogP contribution is -2.42. The van der Waals surface area contributed by atoms with E-state index >= 15 is 0 Å². The molecule has 2 aliphatic heterocycles. The number of nitrogens with zero attached hydrogens (tertiary/aromatic N) is 3. The molecule has 0 unspecified atom stereocenters. The predicted molar refractivity (Wildman–Crippen MR) is 87.2 cm³/mol. The maximum absolute atomic E-state index is 12.2. The first-order chi connectivity index (χ1) is 10.7. The Morgan fingerprint density at radius 3 is 2.91 bits per heavy atom. The van der Waals surface area contributed by atoms with E-state index < -0.39 is 0 Å². The van der Waals surface area contributed by atoms with Gasteiger partial charge < -0.3 is 10.1 Å². The minimum absolute atomic E-state index is 0.126. The Labute approximate surface area is 139 Å². The van der Waals surface area contributed by atoms with Gasteiger partial charge in [-0.2, -0.15) is 5.10 Å².